The quantitative estimate of drug-likeness (QED) is 0.358. The largest absolute Gasteiger partial charge is 0.480 e. The second kappa shape index (κ2) is 12.2. The fourth-order valence-electron chi connectivity index (χ4n) is 5.05. The predicted molar refractivity (Wildman–Crippen MR) is 140 cm³/mol. The third-order valence-electron chi connectivity index (χ3n) is 6.88. The van der Waals surface area contributed by atoms with Crippen molar-refractivity contribution in [3.05, 3.63) is 83.4 Å². The molecule has 35 heavy (non-hydrogen) atoms. The minimum atomic E-state index is -1.30. The van der Waals surface area contributed by atoms with Crippen LogP contribution in [0.3, 0.4) is 0 Å². The van der Waals surface area contributed by atoms with Gasteiger partial charge in [0.2, 0.25) is 0 Å². The first-order valence-corrected chi connectivity index (χ1v) is 11.9. The zero-order valence-electron chi connectivity index (χ0n) is 19.8. The molecule has 1 amide bonds. The molecule has 1 unspecified atom stereocenters. The van der Waals surface area contributed by atoms with Crippen molar-refractivity contribution in [2.75, 3.05) is 6.61 Å². The van der Waals surface area contributed by atoms with Crippen molar-refractivity contribution in [3.8, 4) is 0 Å². The third kappa shape index (κ3) is 6.40. The van der Waals surface area contributed by atoms with E-state index in [9.17, 15) is 9.59 Å². The van der Waals surface area contributed by atoms with Gasteiger partial charge in [-0.05, 0) is 66.1 Å². The highest BCUT2D eigenvalue weighted by Crippen LogP contribution is 2.34. The number of benzene rings is 3. The lowest BCUT2D eigenvalue weighted by atomic mass is 9.80. The van der Waals surface area contributed by atoms with Gasteiger partial charge < -0.3 is 20.8 Å². The van der Waals surface area contributed by atoms with E-state index in [0.717, 1.165) is 25.7 Å². The molecule has 3 aromatic rings. The van der Waals surface area contributed by atoms with Gasteiger partial charge in [-0.2, -0.15) is 0 Å². The van der Waals surface area contributed by atoms with E-state index in [-0.39, 0.29) is 18.4 Å². The second-order valence-electron chi connectivity index (χ2n) is 9.19. The number of amides is 1. The van der Waals surface area contributed by atoms with Gasteiger partial charge in [-0.1, -0.05) is 61.0 Å². The molecule has 6 nitrogen and oxygen atoms in total. The SMILES string of the molecule is C[C@@H](N[C@H]1CCC[C@H](c2ccc(C(=O)NC(CO)C(=O)O)cc2)C1)c1cccc2ccccc12.Cl. The molecule has 186 valence electrons. The van der Waals surface area contributed by atoms with Crippen LogP contribution in [-0.2, 0) is 4.79 Å². The fraction of sp³-hybridized carbons (Fsp3) is 0.357. The Kier molecular flexibility index (Phi) is 9.26. The summed E-state index contributed by atoms with van der Waals surface area (Å²) in [5, 5.41) is 26.9. The molecular weight excluding hydrogens is 464 g/mol. The van der Waals surface area contributed by atoms with Crippen molar-refractivity contribution in [2.24, 2.45) is 0 Å². The van der Waals surface area contributed by atoms with Gasteiger partial charge in [0.1, 0.15) is 0 Å². The van der Waals surface area contributed by atoms with E-state index in [4.69, 9.17) is 10.2 Å². The Morgan fingerprint density at radius 1 is 1.00 bits per heavy atom. The first-order chi connectivity index (χ1) is 16.5. The van der Waals surface area contributed by atoms with Crippen molar-refractivity contribution in [1.82, 2.24) is 10.6 Å². The topological polar surface area (TPSA) is 98.7 Å². The van der Waals surface area contributed by atoms with Crippen LogP contribution in [0.4, 0.5) is 0 Å². The summed E-state index contributed by atoms with van der Waals surface area (Å²) in [4.78, 5) is 23.4. The van der Waals surface area contributed by atoms with Crippen LogP contribution in [0.1, 0.15) is 66.1 Å². The Bertz CT molecular complexity index is 1150. The van der Waals surface area contributed by atoms with Crippen LogP contribution in [0.5, 0.6) is 0 Å². The van der Waals surface area contributed by atoms with Gasteiger partial charge in [-0.25, -0.2) is 4.79 Å². The first kappa shape index (κ1) is 26.7. The first-order valence-electron chi connectivity index (χ1n) is 11.9. The number of hydrogen-bond acceptors (Lipinski definition) is 4. The van der Waals surface area contributed by atoms with Crippen molar-refractivity contribution in [3.63, 3.8) is 0 Å². The average molecular weight is 497 g/mol. The maximum atomic E-state index is 12.3. The molecule has 0 radical (unpaired) electrons. The summed E-state index contributed by atoms with van der Waals surface area (Å²) in [6.45, 7) is 1.59. The van der Waals surface area contributed by atoms with Crippen LogP contribution in [0, 0.1) is 0 Å². The minimum absolute atomic E-state index is 0. The minimum Gasteiger partial charge on any atom is -0.480 e. The van der Waals surface area contributed by atoms with Gasteiger partial charge in [0, 0.05) is 17.6 Å². The highest BCUT2D eigenvalue weighted by Gasteiger charge is 2.25. The summed E-state index contributed by atoms with van der Waals surface area (Å²) < 4.78 is 0. The number of aliphatic carboxylic acids is 1. The number of rotatable bonds is 8. The standard InChI is InChI=1S/C28H32N2O4.ClH/c1-18(24-11-5-7-20-6-2-3-10-25(20)24)29-23-9-4-8-22(16-23)19-12-14-21(15-13-19)27(32)30-26(17-31)28(33)34;/h2-3,5-7,10-15,18,22-23,26,29,31H,4,8-9,16-17H2,1H3,(H,30,32)(H,33,34);1H/t18-,22+,23+,26?;/m1./s1. The molecule has 1 aliphatic carbocycles. The van der Waals surface area contributed by atoms with E-state index in [1.54, 1.807) is 12.1 Å². The smallest absolute Gasteiger partial charge is 0.328 e. The Balaban J connectivity index is 0.00000342. The third-order valence-corrected chi connectivity index (χ3v) is 6.88. The Morgan fingerprint density at radius 3 is 2.43 bits per heavy atom. The van der Waals surface area contributed by atoms with Crippen molar-refractivity contribution in [2.45, 2.75) is 56.7 Å². The van der Waals surface area contributed by atoms with Gasteiger partial charge in [-0.3, -0.25) is 4.79 Å². The van der Waals surface area contributed by atoms with Crippen LogP contribution in [-0.4, -0.2) is 40.8 Å². The lowest BCUT2D eigenvalue weighted by Crippen LogP contribution is -2.43. The van der Waals surface area contributed by atoms with E-state index in [1.165, 1.54) is 21.9 Å². The van der Waals surface area contributed by atoms with Gasteiger partial charge >= 0.3 is 5.97 Å². The number of aliphatic hydroxyl groups excluding tert-OH is 1. The maximum absolute atomic E-state index is 12.3. The number of carboxylic acid groups (broad SMARTS) is 1. The van der Waals surface area contributed by atoms with Crippen LogP contribution in [0.2, 0.25) is 0 Å². The van der Waals surface area contributed by atoms with E-state index < -0.39 is 24.5 Å². The highest BCUT2D eigenvalue weighted by atomic mass is 35.5. The lowest BCUT2D eigenvalue weighted by Gasteiger charge is -2.32. The molecule has 0 aliphatic heterocycles. The number of carboxylic acids is 1. The van der Waals surface area contributed by atoms with Gasteiger partial charge in [0.15, 0.2) is 6.04 Å². The van der Waals surface area contributed by atoms with Crippen molar-refractivity contribution >= 4 is 35.1 Å². The Hall–Kier alpha value is -2.93. The molecule has 7 heteroatoms. The van der Waals surface area contributed by atoms with E-state index in [0.29, 0.717) is 17.5 Å². The molecule has 0 spiro atoms. The molecule has 0 heterocycles. The predicted octanol–water partition coefficient (Wildman–Crippen LogP) is 4.81. The van der Waals surface area contributed by atoms with Crippen LogP contribution in [0.15, 0.2) is 66.7 Å². The molecule has 4 atom stereocenters. The average Bonchev–Trinajstić information content (AvgIpc) is 2.86. The second-order valence-corrected chi connectivity index (χ2v) is 9.19. The summed E-state index contributed by atoms with van der Waals surface area (Å²) in [5.41, 5.74) is 2.90. The van der Waals surface area contributed by atoms with E-state index in [2.05, 4.69) is 60.0 Å². The fourth-order valence-corrected chi connectivity index (χ4v) is 5.05. The molecule has 1 fully saturated rings. The van der Waals surface area contributed by atoms with E-state index >= 15 is 0 Å². The van der Waals surface area contributed by atoms with Gasteiger partial charge in [0.05, 0.1) is 6.61 Å². The molecule has 4 rings (SSSR count). The lowest BCUT2D eigenvalue weighted by molar-refractivity contribution is -0.140. The van der Waals surface area contributed by atoms with Crippen LogP contribution in [0.25, 0.3) is 10.8 Å². The maximum Gasteiger partial charge on any atom is 0.328 e. The molecule has 0 saturated heterocycles. The summed E-state index contributed by atoms with van der Waals surface area (Å²) in [6.07, 6.45) is 4.43. The highest BCUT2D eigenvalue weighted by molar-refractivity contribution is 5.96. The zero-order chi connectivity index (χ0) is 24.1. The molecule has 0 bridgehead atoms. The molecule has 3 aromatic carbocycles. The Morgan fingerprint density at radius 2 is 1.71 bits per heavy atom. The summed E-state index contributed by atoms with van der Waals surface area (Å²) in [5.74, 6) is -1.35. The van der Waals surface area contributed by atoms with Crippen LogP contribution >= 0.6 is 12.4 Å². The number of fused-ring (bicyclic) bond motifs is 1. The van der Waals surface area contributed by atoms with Crippen LogP contribution < -0.4 is 10.6 Å². The number of aliphatic hydroxyl groups is 1. The zero-order valence-corrected chi connectivity index (χ0v) is 20.6. The van der Waals surface area contributed by atoms with Crippen molar-refractivity contribution in [1.29, 1.82) is 0 Å². The molecule has 0 aromatic heterocycles. The number of carbonyl (C=O) groups is 2. The van der Waals surface area contributed by atoms with Gasteiger partial charge in [-0.15, -0.1) is 12.4 Å². The number of hydrogen-bond donors (Lipinski definition) is 4. The molecule has 4 N–H and O–H groups in total. The monoisotopic (exact) mass is 496 g/mol. The van der Waals surface area contributed by atoms with Crippen molar-refractivity contribution < 1.29 is 19.8 Å². The van der Waals surface area contributed by atoms with E-state index in [1.807, 2.05) is 12.1 Å². The Labute approximate surface area is 212 Å². The van der Waals surface area contributed by atoms with Gasteiger partial charge in [0.25, 0.3) is 5.91 Å². The number of halogens is 1. The number of nitrogens with one attached hydrogen (secondary N) is 2. The summed E-state index contributed by atoms with van der Waals surface area (Å²) in [6, 6.07) is 21.7. The number of carbonyl (C=O) groups excluding carboxylic acids is 1. The summed E-state index contributed by atoms with van der Waals surface area (Å²) in [7, 11) is 0. The molecule has 1 aliphatic rings. The molecular formula is C28H33ClN2O4. The summed E-state index contributed by atoms with van der Waals surface area (Å²) >= 11 is 0. The molecule has 1 saturated carbocycles. The normalized spacial score (nSPS) is 19.4.